The van der Waals surface area contributed by atoms with E-state index < -0.39 is 0 Å². The molecule has 0 N–H and O–H groups in total. The number of carbonyl (C=O) groups excluding carboxylic acids is 1. The van der Waals surface area contributed by atoms with Gasteiger partial charge < -0.3 is 4.79 Å². The molecule has 15 heavy (non-hydrogen) atoms. The van der Waals surface area contributed by atoms with Crippen molar-refractivity contribution in [1.82, 2.24) is 0 Å². The molecule has 0 aromatic heterocycles. The summed E-state index contributed by atoms with van der Waals surface area (Å²) in [6.07, 6.45) is 5.51. The van der Waals surface area contributed by atoms with Gasteiger partial charge in [-0.3, -0.25) is 0 Å². The van der Waals surface area contributed by atoms with Gasteiger partial charge in [-0.1, -0.05) is 54.0 Å². The molecular weight excluding hydrogens is 183 g/mol. The molecule has 1 nitrogen and oxygen atoms in total. The number of hydrogen-bond donors (Lipinski definition) is 0. The summed E-state index contributed by atoms with van der Waals surface area (Å²) < 4.78 is 0. The summed E-state index contributed by atoms with van der Waals surface area (Å²) in [7, 11) is 1.65. The van der Waals surface area contributed by atoms with Crippen LogP contribution in [-0.2, 0) is 4.79 Å². The maximum absolute atomic E-state index is 11.8. The normalized spacial score (nSPS) is 11.7. The first kappa shape index (κ1) is 11.5. The van der Waals surface area contributed by atoms with E-state index in [1.54, 1.807) is 7.28 Å². The molecule has 0 spiro atoms. The van der Waals surface area contributed by atoms with Crippen LogP contribution < -0.4 is 5.46 Å². The van der Waals surface area contributed by atoms with E-state index in [0.717, 1.165) is 11.0 Å². The van der Waals surface area contributed by atoms with E-state index >= 15 is 0 Å². The third-order valence-electron chi connectivity index (χ3n) is 2.04. The molecule has 0 saturated heterocycles. The van der Waals surface area contributed by atoms with Gasteiger partial charge in [0, 0.05) is 5.57 Å². The van der Waals surface area contributed by atoms with E-state index in [-0.39, 0.29) is 5.68 Å². The summed E-state index contributed by atoms with van der Waals surface area (Å²) in [6, 6.07) is 9.61. The Labute approximate surface area is 91.8 Å². The highest BCUT2D eigenvalue weighted by Gasteiger charge is 2.08. The van der Waals surface area contributed by atoms with Crippen molar-refractivity contribution in [3.8, 4) is 0 Å². The largest absolute Gasteiger partial charge is 0.306 e. The lowest BCUT2D eigenvalue weighted by molar-refractivity contribution is -0.108. The summed E-state index contributed by atoms with van der Waals surface area (Å²) in [5.41, 5.74) is 1.70. The molecule has 0 saturated carbocycles. The van der Waals surface area contributed by atoms with Crippen LogP contribution >= 0.6 is 0 Å². The van der Waals surface area contributed by atoms with Crippen LogP contribution in [0.25, 0.3) is 0 Å². The van der Waals surface area contributed by atoms with Gasteiger partial charge in [0.05, 0.1) is 0 Å². The van der Waals surface area contributed by atoms with Crippen LogP contribution in [0.1, 0.15) is 13.8 Å². The van der Waals surface area contributed by atoms with Crippen LogP contribution in [0.2, 0.25) is 0 Å². The minimum atomic E-state index is 0.0433. The highest BCUT2D eigenvalue weighted by Crippen LogP contribution is 1.98. The van der Waals surface area contributed by atoms with Gasteiger partial charge in [0.2, 0.25) is 7.28 Å². The third kappa shape index (κ3) is 3.58. The summed E-state index contributed by atoms with van der Waals surface area (Å²) >= 11 is 0. The van der Waals surface area contributed by atoms with Crippen molar-refractivity contribution in [2.24, 2.45) is 0 Å². The molecule has 1 aromatic carbocycles. The molecule has 0 aliphatic heterocycles. The number of rotatable bonds is 4. The van der Waals surface area contributed by atoms with Gasteiger partial charge >= 0.3 is 0 Å². The molecule has 0 unspecified atom stereocenters. The van der Waals surface area contributed by atoms with Gasteiger partial charge in [0.1, 0.15) is 5.68 Å². The number of allylic oxidation sites excluding steroid dienone is 4. The Bertz CT molecular complexity index is 377. The first-order valence-electron chi connectivity index (χ1n) is 5.01. The molecule has 1 rings (SSSR count). The van der Waals surface area contributed by atoms with Crippen molar-refractivity contribution >= 4 is 18.4 Å². The maximum Gasteiger partial charge on any atom is 0.247 e. The Balaban J connectivity index is 2.71. The number of carbonyl (C=O) groups is 1. The van der Waals surface area contributed by atoms with Crippen molar-refractivity contribution < 1.29 is 4.79 Å². The van der Waals surface area contributed by atoms with Crippen LogP contribution in [0, 0.1) is 0 Å². The second-order valence-electron chi connectivity index (χ2n) is 3.16. The number of benzene rings is 1. The Morgan fingerprint density at radius 2 is 1.87 bits per heavy atom. The van der Waals surface area contributed by atoms with Crippen molar-refractivity contribution in [2.45, 2.75) is 13.8 Å². The van der Waals surface area contributed by atoms with Gasteiger partial charge in [0.25, 0.3) is 0 Å². The van der Waals surface area contributed by atoms with Crippen molar-refractivity contribution in [3.05, 3.63) is 54.1 Å². The predicted octanol–water partition coefficient (Wildman–Crippen LogP) is 2.07. The fraction of sp³-hybridized carbons (Fsp3) is 0.154. The molecule has 0 fully saturated rings. The molecular formula is C13H14BO. The topological polar surface area (TPSA) is 17.1 Å². The van der Waals surface area contributed by atoms with E-state index in [9.17, 15) is 4.79 Å². The first-order chi connectivity index (χ1) is 7.27. The van der Waals surface area contributed by atoms with Gasteiger partial charge in [0.15, 0.2) is 0 Å². The number of hydrogen-bond acceptors (Lipinski definition) is 1. The van der Waals surface area contributed by atoms with Crippen molar-refractivity contribution in [2.75, 3.05) is 0 Å². The lowest BCUT2D eigenvalue weighted by Gasteiger charge is -2.00. The minimum Gasteiger partial charge on any atom is -0.306 e. The molecule has 0 aliphatic carbocycles. The van der Waals surface area contributed by atoms with E-state index in [0.29, 0.717) is 0 Å². The molecule has 0 bridgehead atoms. The Morgan fingerprint density at radius 1 is 1.20 bits per heavy atom. The highest BCUT2D eigenvalue weighted by molar-refractivity contribution is 6.87. The SMILES string of the molecule is C/C=C\C(=C/C)C(=O)[B]c1ccccc1. The van der Waals surface area contributed by atoms with E-state index in [1.807, 2.05) is 62.4 Å². The zero-order valence-corrected chi connectivity index (χ0v) is 9.10. The van der Waals surface area contributed by atoms with Crippen LogP contribution in [0.15, 0.2) is 54.1 Å². The quantitative estimate of drug-likeness (QED) is 0.410. The van der Waals surface area contributed by atoms with Gasteiger partial charge in [-0.05, 0) is 13.8 Å². The van der Waals surface area contributed by atoms with Gasteiger partial charge in [-0.2, -0.15) is 0 Å². The van der Waals surface area contributed by atoms with E-state index in [1.165, 1.54) is 0 Å². The maximum atomic E-state index is 11.8. The molecule has 0 aliphatic rings. The van der Waals surface area contributed by atoms with Crippen LogP contribution in [-0.4, -0.2) is 13.0 Å². The zero-order chi connectivity index (χ0) is 11.1. The highest BCUT2D eigenvalue weighted by atomic mass is 16.1. The molecule has 0 atom stereocenters. The molecule has 2 heteroatoms. The van der Waals surface area contributed by atoms with E-state index in [2.05, 4.69) is 0 Å². The average Bonchev–Trinajstić information content (AvgIpc) is 2.27. The summed E-state index contributed by atoms with van der Waals surface area (Å²) in [4.78, 5) is 11.8. The minimum absolute atomic E-state index is 0.0433. The lowest BCUT2D eigenvalue weighted by Crippen LogP contribution is -2.24. The lowest BCUT2D eigenvalue weighted by atomic mass is 9.64. The summed E-state index contributed by atoms with van der Waals surface area (Å²) in [6.45, 7) is 3.77. The monoisotopic (exact) mass is 197 g/mol. The molecule has 1 radical (unpaired) electrons. The molecule has 0 amide bonds. The summed E-state index contributed by atoms with van der Waals surface area (Å²) in [5.74, 6) is 0. The van der Waals surface area contributed by atoms with Crippen LogP contribution in [0.5, 0.6) is 0 Å². The predicted molar refractivity (Wildman–Crippen MR) is 65.4 cm³/mol. The molecule has 0 heterocycles. The fourth-order valence-corrected chi connectivity index (χ4v) is 1.28. The third-order valence-corrected chi connectivity index (χ3v) is 2.04. The first-order valence-corrected chi connectivity index (χ1v) is 5.01. The van der Waals surface area contributed by atoms with Gasteiger partial charge in [-0.25, -0.2) is 0 Å². The van der Waals surface area contributed by atoms with Crippen LogP contribution in [0.4, 0.5) is 0 Å². The van der Waals surface area contributed by atoms with Crippen molar-refractivity contribution in [3.63, 3.8) is 0 Å². The standard InChI is InChI=1S/C13H14BO/c1-3-8-11(4-2)13(15)14-12-9-6-5-7-10-12/h3-10H,1-2H3/b8-3-,11-4+. The Hall–Kier alpha value is -1.57. The second-order valence-corrected chi connectivity index (χ2v) is 3.16. The smallest absolute Gasteiger partial charge is 0.247 e. The average molecular weight is 197 g/mol. The zero-order valence-electron chi connectivity index (χ0n) is 9.10. The van der Waals surface area contributed by atoms with E-state index in [4.69, 9.17) is 0 Å². The molecule has 75 valence electrons. The summed E-state index contributed by atoms with van der Waals surface area (Å²) in [5, 5.41) is 0. The Kier molecular flexibility index (Phi) is 4.62. The van der Waals surface area contributed by atoms with Crippen molar-refractivity contribution in [1.29, 1.82) is 0 Å². The van der Waals surface area contributed by atoms with Crippen LogP contribution in [0.3, 0.4) is 0 Å². The molecule has 1 aromatic rings. The fourth-order valence-electron chi connectivity index (χ4n) is 1.28. The van der Waals surface area contributed by atoms with Gasteiger partial charge in [-0.15, -0.1) is 0 Å². The Morgan fingerprint density at radius 3 is 2.40 bits per heavy atom. The second kappa shape index (κ2) is 6.02.